The van der Waals surface area contributed by atoms with E-state index in [1.807, 2.05) is 12.1 Å². The van der Waals surface area contributed by atoms with Gasteiger partial charge in [-0.05, 0) is 54.7 Å². The van der Waals surface area contributed by atoms with E-state index >= 15 is 0 Å². The Hall–Kier alpha value is -1.42. The molecular formula is C18H23FN2O. The number of carbonyl (C=O) groups is 1. The van der Waals surface area contributed by atoms with Gasteiger partial charge in [0.2, 0.25) is 5.91 Å². The molecule has 1 saturated heterocycles. The number of carbonyl (C=O) groups excluding carboxylic acids is 1. The maximum atomic E-state index is 13.0. The summed E-state index contributed by atoms with van der Waals surface area (Å²) >= 11 is 0. The lowest BCUT2D eigenvalue weighted by Crippen LogP contribution is -2.34. The number of hydrogen-bond acceptors (Lipinski definition) is 2. The minimum absolute atomic E-state index is 0.154. The lowest BCUT2D eigenvalue weighted by Gasteiger charge is -2.40. The van der Waals surface area contributed by atoms with Gasteiger partial charge >= 0.3 is 0 Å². The highest BCUT2D eigenvalue weighted by Gasteiger charge is 2.47. The summed E-state index contributed by atoms with van der Waals surface area (Å²) < 4.78 is 13.0. The second-order valence-electron chi connectivity index (χ2n) is 7.14. The molecule has 0 bridgehead atoms. The van der Waals surface area contributed by atoms with Gasteiger partial charge in [0.1, 0.15) is 5.82 Å². The third-order valence-corrected chi connectivity index (χ3v) is 5.61. The lowest BCUT2D eigenvalue weighted by atomic mass is 9.64. The molecule has 1 amide bonds. The zero-order valence-electron chi connectivity index (χ0n) is 12.8. The number of hydrogen-bond donors (Lipinski definition) is 1. The van der Waals surface area contributed by atoms with E-state index in [0.717, 1.165) is 44.9 Å². The first-order valence-electron chi connectivity index (χ1n) is 8.46. The zero-order chi connectivity index (χ0) is 15.1. The van der Waals surface area contributed by atoms with Crippen molar-refractivity contribution in [2.45, 2.75) is 25.2 Å². The van der Waals surface area contributed by atoms with Crippen LogP contribution < -0.4 is 5.32 Å². The van der Waals surface area contributed by atoms with Crippen LogP contribution in [-0.4, -0.2) is 37.0 Å². The smallest absolute Gasteiger partial charge is 0.223 e. The van der Waals surface area contributed by atoms with Crippen LogP contribution in [0.1, 0.15) is 30.7 Å². The van der Waals surface area contributed by atoms with E-state index in [0.29, 0.717) is 17.8 Å². The molecule has 22 heavy (non-hydrogen) atoms. The van der Waals surface area contributed by atoms with E-state index in [9.17, 15) is 9.18 Å². The Morgan fingerprint density at radius 2 is 2.00 bits per heavy atom. The molecule has 1 aromatic rings. The van der Waals surface area contributed by atoms with Gasteiger partial charge in [-0.3, -0.25) is 4.79 Å². The molecule has 4 rings (SSSR count). The SMILES string of the molecule is O=C(NCCN1CC2CC(c3ccc(F)cc3)C2C1)C1CC1. The summed E-state index contributed by atoms with van der Waals surface area (Å²) in [6.45, 7) is 4.01. The number of likely N-dealkylation sites (tertiary alicyclic amines) is 1. The lowest BCUT2D eigenvalue weighted by molar-refractivity contribution is -0.122. The second-order valence-corrected chi connectivity index (χ2v) is 7.14. The molecule has 2 saturated carbocycles. The van der Waals surface area contributed by atoms with E-state index in [-0.39, 0.29) is 11.7 Å². The molecule has 118 valence electrons. The molecule has 0 aromatic heterocycles. The quantitative estimate of drug-likeness (QED) is 0.906. The summed E-state index contributed by atoms with van der Waals surface area (Å²) in [6, 6.07) is 7.02. The first kappa shape index (κ1) is 14.2. The Kier molecular flexibility index (Phi) is 3.65. The van der Waals surface area contributed by atoms with Gasteiger partial charge in [-0.15, -0.1) is 0 Å². The summed E-state index contributed by atoms with van der Waals surface area (Å²) in [4.78, 5) is 14.1. The average molecular weight is 302 g/mol. The second kappa shape index (κ2) is 5.65. The van der Waals surface area contributed by atoms with Crippen molar-refractivity contribution in [1.29, 1.82) is 0 Å². The van der Waals surface area contributed by atoms with Gasteiger partial charge in [0.15, 0.2) is 0 Å². The normalized spacial score (nSPS) is 30.7. The molecule has 4 heteroatoms. The Balaban J connectivity index is 1.26. The van der Waals surface area contributed by atoms with Gasteiger partial charge in [0, 0.05) is 32.1 Å². The van der Waals surface area contributed by atoms with Crippen molar-refractivity contribution in [2.24, 2.45) is 17.8 Å². The Bertz CT molecular complexity index is 555. The van der Waals surface area contributed by atoms with Crippen molar-refractivity contribution in [3.63, 3.8) is 0 Å². The summed E-state index contributed by atoms with van der Waals surface area (Å²) in [5.41, 5.74) is 1.28. The molecule has 1 aromatic carbocycles. The number of fused-ring (bicyclic) bond motifs is 1. The fourth-order valence-electron chi connectivity index (χ4n) is 4.10. The summed E-state index contributed by atoms with van der Waals surface area (Å²) in [5, 5.41) is 3.05. The van der Waals surface area contributed by atoms with Crippen LogP contribution in [0.2, 0.25) is 0 Å². The van der Waals surface area contributed by atoms with Crippen LogP contribution in [0.5, 0.6) is 0 Å². The molecule has 1 N–H and O–H groups in total. The van der Waals surface area contributed by atoms with Crippen molar-refractivity contribution in [2.75, 3.05) is 26.2 Å². The highest BCUT2D eigenvalue weighted by molar-refractivity contribution is 5.80. The average Bonchev–Trinajstić information content (AvgIpc) is 3.29. The number of nitrogens with zero attached hydrogens (tertiary/aromatic N) is 1. The van der Waals surface area contributed by atoms with Crippen molar-refractivity contribution in [3.8, 4) is 0 Å². The van der Waals surface area contributed by atoms with Crippen LogP contribution in [0.15, 0.2) is 24.3 Å². The third-order valence-electron chi connectivity index (χ3n) is 5.61. The highest BCUT2D eigenvalue weighted by atomic mass is 19.1. The zero-order valence-corrected chi connectivity index (χ0v) is 12.8. The van der Waals surface area contributed by atoms with Crippen LogP contribution in [-0.2, 0) is 4.79 Å². The first-order valence-corrected chi connectivity index (χ1v) is 8.46. The van der Waals surface area contributed by atoms with Crippen molar-refractivity contribution < 1.29 is 9.18 Å². The molecule has 0 spiro atoms. The molecule has 3 nitrogen and oxygen atoms in total. The van der Waals surface area contributed by atoms with Crippen LogP contribution in [0, 0.1) is 23.6 Å². The monoisotopic (exact) mass is 302 g/mol. The van der Waals surface area contributed by atoms with Crippen LogP contribution in [0.25, 0.3) is 0 Å². The third kappa shape index (κ3) is 2.76. The van der Waals surface area contributed by atoms with E-state index in [1.165, 1.54) is 12.0 Å². The van der Waals surface area contributed by atoms with Gasteiger partial charge in [-0.2, -0.15) is 0 Å². The van der Waals surface area contributed by atoms with Crippen LogP contribution in [0.3, 0.4) is 0 Å². The Labute approximate surface area is 130 Å². The van der Waals surface area contributed by atoms with Crippen LogP contribution in [0.4, 0.5) is 4.39 Å². The highest BCUT2D eigenvalue weighted by Crippen LogP contribution is 2.51. The predicted octanol–water partition coefficient (Wildman–Crippen LogP) is 2.39. The van der Waals surface area contributed by atoms with Crippen molar-refractivity contribution >= 4 is 5.91 Å². The van der Waals surface area contributed by atoms with E-state index in [1.54, 1.807) is 12.1 Å². The molecule has 3 unspecified atom stereocenters. The molecule has 3 fully saturated rings. The van der Waals surface area contributed by atoms with Gasteiger partial charge in [-0.1, -0.05) is 12.1 Å². The minimum Gasteiger partial charge on any atom is -0.355 e. The fraction of sp³-hybridized carbons (Fsp3) is 0.611. The maximum absolute atomic E-state index is 13.0. The van der Waals surface area contributed by atoms with Crippen molar-refractivity contribution in [3.05, 3.63) is 35.6 Å². The molecule has 3 atom stereocenters. The Morgan fingerprint density at radius 1 is 1.23 bits per heavy atom. The van der Waals surface area contributed by atoms with E-state index in [4.69, 9.17) is 0 Å². The summed E-state index contributed by atoms with van der Waals surface area (Å²) in [5.74, 6) is 2.48. The maximum Gasteiger partial charge on any atom is 0.223 e. The molecule has 2 aliphatic carbocycles. The van der Waals surface area contributed by atoms with Crippen molar-refractivity contribution in [1.82, 2.24) is 10.2 Å². The predicted molar refractivity (Wildman–Crippen MR) is 82.9 cm³/mol. The number of amides is 1. The van der Waals surface area contributed by atoms with E-state index in [2.05, 4.69) is 10.2 Å². The standard InChI is InChI=1S/C18H23FN2O/c19-15-5-3-12(4-6-15)16-9-14-10-21(11-17(14)16)8-7-20-18(22)13-1-2-13/h3-6,13-14,16-17H,1-2,7-11H2,(H,20,22). The first-order chi connectivity index (χ1) is 10.7. The summed E-state index contributed by atoms with van der Waals surface area (Å²) in [7, 11) is 0. The molecule has 3 aliphatic rings. The van der Waals surface area contributed by atoms with Gasteiger partial charge in [0.05, 0.1) is 0 Å². The molecule has 1 heterocycles. The van der Waals surface area contributed by atoms with Gasteiger partial charge in [0.25, 0.3) is 0 Å². The van der Waals surface area contributed by atoms with Gasteiger partial charge < -0.3 is 10.2 Å². The summed E-state index contributed by atoms with van der Waals surface area (Å²) in [6.07, 6.45) is 3.36. The molecular weight excluding hydrogens is 279 g/mol. The molecule has 1 aliphatic heterocycles. The fourth-order valence-corrected chi connectivity index (χ4v) is 4.10. The van der Waals surface area contributed by atoms with E-state index < -0.39 is 0 Å². The Morgan fingerprint density at radius 3 is 2.73 bits per heavy atom. The number of nitrogens with one attached hydrogen (secondary N) is 1. The van der Waals surface area contributed by atoms with Gasteiger partial charge in [-0.25, -0.2) is 4.39 Å². The largest absolute Gasteiger partial charge is 0.355 e. The number of rotatable bonds is 5. The minimum atomic E-state index is -0.154. The van der Waals surface area contributed by atoms with Crippen LogP contribution >= 0.6 is 0 Å². The topological polar surface area (TPSA) is 32.3 Å². The number of benzene rings is 1. The number of halogens is 1. The molecule has 0 radical (unpaired) electrons.